The molecule has 3 nitrogen and oxygen atoms in total. The Morgan fingerprint density at radius 2 is 1.71 bits per heavy atom. The lowest BCUT2D eigenvalue weighted by Crippen LogP contribution is -2.29. The average Bonchev–Trinajstić information content (AvgIpc) is 2.63. The molecule has 1 aromatic rings. The van der Waals surface area contributed by atoms with Crippen molar-refractivity contribution in [1.29, 1.82) is 0 Å². The average molecular weight is 330 g/mol. The molecule has 0 heterocycles. The smallest absolute Gasteiger partial charge is 0.305 e. The monoisotopic (exact) mass is 330 g/mol. The minimum atomic E-state index is -0.0856. The van der Waals surface area contributed by atoms with Crippen LogP contribution in [0.25, 0.3) is 0 Å². The molecule has 24 heavy (non-hydrogen) atoms. The SMILES string of the molecule is CCC(=O)O[C@H]1CCCC[C@@H]1c1ccccc1OC1CCCCC1. The zero-order valence-electron chi connectivity index (χ0n) is 14.8. The van der Waals surface area contributed by atoms with E-state index in [1.165, 1.54) is 31.2 Å². The van der Waals surface area contributed by atoms with Gasteiger partial charge >= 0.3 is 5.97 Å². The molecule has 0 bridgehead atoms. The van der Waals surface area contributed by atoms with Crippen LogP contribution in [0, 0.1) is 0 Å². The number of para-hydroxylation sites is 1. The predicted octanol–water partition coefficient (Wildman–Crippen LogP) is 5.38. The number of carbonyl (C=O) groups is 1. The van der Waals surface area contributed by atoms with Gasteiger partial charge in [-0.1, -0.05) is 38.0 Å². The summed E-state index contributed by atoms with van der Waals surface area (Å²) < 4.78 is 12.1. The van der Waals surface area contributed by atoms with Gasteiger partial charge in [-0.25, -0.2) is 0 Å². The highest BCUT2D eigenvalue weighted by Crippen LogP contribution is 2.40. The molecule has 2 saturated carbocycles. The van der Waals surface area contributed by atoms with Crippen LogP contribution in [0.1, 0.15) is 82.6 Å². The Hall–Kier alpha value is -1.51. The van der Waals surface area contributed by atoms with E-state index in [-0.39, 0.29) is 18.0 Å². The van der Waals surface area contributed by atoms with E-state index in [0.29, 0.717) is 12.5 Å². The van der Waals surface area contributed by atoms with Gasteiger partial charge in [-0.2, -0.15) is 0 Å². The molecular formula is C21H30O3. The van der Waals surface area contributed by atoms with Crippen LogP contribution in [0.4, 0.5) is 0 Å². The summed E-state index contributed by atoms with van der Waals surface area (Å²) in [4.78, 5) is 11.8. The Morgan fingerprint density at radius 1 is 1.00 bits per heavy atom. The minimum absolute atomic E-state index is 0.00214. The van der Waals surface area contributed by atoms with E-state index in [0.717, 1.165) is 37.9 Å². The second kappa shape index (κ2) is 8.55. The van der Waals surface area contributed by atoms with Gasteiger partial charge in [-0.3, -0.25) is 4.79 Å². The summed E-state index contributed by atoms with van der Waals surface area (Å²) in [6, 6.07) is 8.39. The van der Waals surface area contributed by atoms with E-state index in [4.69, 9.17) is 9.47 Å². The molecule has 132 valence electrons. The van der Waals surface area contributed by atoms with Crippen molar-refractivity contribution in [3.63, 3.8) is 0 Å². The summed E-state index contributed by atoms with van der Waals surface area (Å²) in [5.74, 6) is 1.19. The van der Waals surface area contributed by atoms with E-state index < -0.39 is 0 Å². The summed E-state index contributed by atoms with van der Waals surface area (Å²) in [7, 11) is 0. The molecule has 0 radical (unpaired) electrons. The fourth-order valence-electron chi connectivity index (χ4n) is 4.10. The summed E-state index contributed by atoms with van der Waals surface area (Å²) in [6.07, 6.45) is 11.4. The number of hydrogen-bond acceptors (Lipinski definition) is 3. The predicted molar refractivity (Wildman–Crippen MR) is 95.3 cm³/mol. The molecule has 3 heteroatoms. The molecule has 0 amide bonds. The van der Waals surface area contributed by atoms with E-state index in [1.807, 2.05) is 6.92 Å². The number of hydrogen-bond donors (Lipinski definition) is 0. The number of carbonyl (C=O) groups excluding carboxylic acids is 1. The van der Waals surface area contributed by atoms with Crippen molar-refractivity contribution in [3.8, 4) is 5.75 Å². The fraction of sp³-hybridized carbons (Fsp3) is 0.667. The highest BCUT2D eigenvalue weighted by molar-refractivity contribution is 5.69. The quantitative estimate of drug-likeness (QED) is 0.680. The van der Waals surface area contributed by atoms with E-state index in [1.54, 1.807) is 0 Å². The lowest BCUT2D eigenvalue weighted by Gasteiger charge is -2.33. The highest BCUT2D eigenvalue weighted by atomic mass is 16.5. The lowest BCUT2D eigenvalue weighted by molar-refractivity contribution is -0.151. The molecule has 2 fully saturated rings. The number of rotatable bonds is 5. The minimum Gasteiger partial charge on any atom is -0.490 e. The Morgan fingerprint density at radius 3 is 2.50 bits per heavy atom. The molecule has 1 aromatic carbocycles. The van der Waals surface area contributed by atoms with Crippen molar-refractivity contribution in [2.75, 3.05) is 0 Å². The van der Waals surface area contributed by atoms with Gasteiger partial charge in [0.1, 0.15) is 11.9 Å². The molecule has 0 N–H and O–H groups in total. The number of benzene rings is 1. The maximum Gasteiger partial charge on any atom is 0.305 e. The lowest BCUT2D eigenvalue weighted by atomic mass is 9.81. The molecule has 0 unspecified atom stereocenters. The third-order valence-electron chi connectivity index (χ3n) is 5.44. The van der Waals surface area contributed by atoms with Gasteiger partial charge in [0.25, 0.3) is 0 Å². The first-order valence-corrected chi connectivity index (χ1v) is 9.73. The van der Waals surface area contributed by atoms with Gasteiger partial charge in [-0.15, -0.1) is 0 Å². The van der Waals surface area contributed by atoms with Crippen LogP contribution in [-0.4, -0.2) is 18.2 Å². The molecule has 2 atom stereocenters. The van der Waals surface area contributed by atoms with E-state index in [2.05, 4.69) is 24.3 Å². The molecule has 0 spiro atoms. The van der Waals surface area contributed by atoms with Crippen LogP contribution in [0.5, 0.6) is 5.75 Å². The van der Waals surface area contributed by atoms with Crippen molar-refractivity contribution in [3.05, 3.63) is 29.8 Å². The molecular weight excluding hydrogens is 300 g/mol. The second-order valence-electron chi connectivity index (χ2n) is 7.19. The van der Waals surface area contributed by atoms with E-state index >= 15 is 0 Å². The summed E-state index contributed by atoms with van der Waals surface area (Å²) in [5, 5.41) is 0. The Labute approximate surface area is 145 Å². The maximum absolute atomic E-state index is 11.8. The highest BCUT2D eigenvalue weighted by Gasteiger charge is 2.31. The molecule has 0 aromatic heterocycles. The van der Waals surface area contributed by atoms with Crippen molar-refractivity contribution < 1.29 is 14.3 Å². The first kappa shape index (κ1) is 17.3. The third kappa shape index (κ3) is 4.31. The van der Waals surface area contributed by atoms with Crippen molar-refractivity contribution in [1.82, 2.24) is 0 Å². The summed E-state index contributed by atoms with van der Waals surface area (Å²) in [5.41, 5.74) is 1.23. The van der Waals surface area contributed by atoms with Gasteiger partial charge < -0.3 is 9.47 Å². The first-order chi connectivity index (χ1) is 11.8. The maximum atomic E-state index is 11.8. The fourth-order valence-corrected chi connectivity index (χ4v) is 4.10. The number of ether oxygens (including phenoxy) is 2. The standard InChI is InChI=1S/C21H30O3/c1-2-21(22)24-20-15-9-7-13-18(20)17-12-6-8-14-19(17)23-16-10-4-3-5-11-16/h6,8,12,14,16,18,20H,2-5,7,9-11,13,15H2,1H3/t18-,20+/m1/s1. The molecule has 0 aliphatic heterocycles. The van der Waals surface area contributed by atoms with Crippen LogP contribution in [-0.2, 0) is 9.53 Å². The van der Waals surface area contributed by atoms with Gasteiger partial charge in [-0.05, 0) is 51.0 Å². The molecule has 2 aliphatic carbocycles. The van der Waals surface area contributed by atoms with E-state index in [9.17, 15) is 4.79 Å². The Kier molecular flexibility index (Phi) is 6.17. The van der Waals surface area contributed by atoms with Crippen LogP contribution < -0.4 is 4.74 Å². The van der Waals surface area contributed by atoms with Gasteiger partial charge in [0.05, 0.1) is 6.10 Å². The third-order valence-corrected chi connectivity index (χ3v) is 5.44. The normalized spacial score (nSPS) is 25.2. The van der Waals surface area contributed by atoms with Crippen molar-refractivity contribution >= 4 is 5.97 Å². The molecule has 2 aliphatic rings. The van der Waals surface area contributed by atoms with Crippen molar-refractivity contribution in [2.45, 2.75) is 89.3 Å². The largest absolute Gasteiger partial charge is 0.490 e. The summed E-state index contributed by atoms with van der Waals surface area (Å²) in [6.45, 7) is 1.86. The van der Waals surface area contributed by atoms with Gasteiger partial charge in [0, 0.05) is 17.9 Å². The van der Waals surface area contributed by atoms with Gasteiger partial charge in [0.2, 0.25) is 0 Å². The topological polar surface area (TPSA) is 35.5 Å². The Balaban J connectivity index is 1.77. The first-order valence-electron chi connectivity index (χ1n) is 9.73. The summed E-state index contributed by atoms with van der Waals surface area (Å²) >= 11 is 0. The van der Waals surface area contributed by atoms with Crippen molar-refractivity contribution in [2.24, 2.45) is 0 Å². The van der Waals surface area contributed by atoms with Crippen LogP contribution in [0.3, 0.4) is 0 Å². The zero-order valence-corrected chi connectivity index (χ0v) is 14.8. The van der Waals surface area contributed by atoms with Gasteiger partial charge in [0.15, 0.2) is 0 Å². The van der Waals surface area contributed by atoms with Crippen LogP contribution in [0.15, 0.2) is 24.3 Å². The van der Waals surface area contributed by atoms with Crippen LogP contribution in [0.2, 0.25) is 0 Å². The molecule has 0 saturated heterocycles. The van der Waals surface area contributed by atoms with Crippen LogP contribution >= 0.6 is 0 Å². The number of esters is 1. The molecule has 3 rings (SSSR count). The second-order valence-corrected chi connectivity index (χ2v) is 7.19. The zero-order chi connectivity index (χ0) is 16.8. The Bertz CT molecular complexity index is 534.